The molecule has 0 unspecified atom stereocenters. The molecule has 0 saturated heterocycles. The lowest BCUT2D eigenvalue weighted by Gasteiger charge is -2.31. The number of carboxylic acids is 1. The fourth-order valence-electron chi connectivity index (χ4n) is 4.37. The first kappa shape index (κ1) is 26.0. The fraction of sp³-hybridized carbons (Fsp3) is 0.385. The van der Waals surface area contributed by atoms with Crippen LogP contribution in [0.1, 0.15) is 52.8 Å². The fourth-order valence-corrected chi connectivity index (χ4v) is 5.91. The van der Waals surface area contributed by atoms with Crippen LogP contribution in [-0.2, 0) is 9.53 Å². The Hall–Kier alpha value is -3.08. The summed E-state index contributed by atoms with van der Waals surface area (Å²) in [5.41, 5.74) is 3.76. The molecule has 0 bridgehead atoms. The van der Waals surface area contributed by atoms with Gasteiger partial charge in [0.2, 0.25) is 5.91 Å². The summed E-state index contributed by atoms with van der Waals surface area (Å²) < 4.78 is 5.24. The van der Waals surface area contributed by atoms with Crippen LogP contribution in [0.25, 0.3) is 10.4 Å². The number of thiazole rings is 1. The quantitative estimate of drug-likeness (QED) is 0.373. The van der Waals surface area contributed by atoms with Gasteiger partial charge in [0.25, 0.3) is 5.91 Å². The molecule has 2 heterocycles. The molecule has 36 heavy (non-hydrogen) atoms. The maximum absolute atomic E-state index is 13.5. The van der Waals surface area contributed by atoms with E-state index in [-0.39, 0.29) is 22.6 Å². The number of benzene rings is 1. The molecule has 0 radical (unpaired) electrons. The predicted molar refractivity (Wildman–Crippen MR) is 142 cm³/mol. The van der Waals surface area contributed by atoms with Crippen LogP contribution in [0.15, 0.2) is 41.2 Å². The number of carbonyl (C=O) groups excluding carboxylic acids is 2. The second-order valence-corrected chi connectivity index (χ2v) is 10.7. The third kappa shape index (κ3) is 6.00. The van der Waals surface area contributed by atoms with Gasteiger partial charge in [0.05, 0.1) is 17.8 Å². The molecule has 2 amide bonds. The number of nitrogens with one attached hydrogen (secondary N) is 1. The molecule has 10 heteroatoms. The van der Waals surface area contributed by atoms with E-state index in [1.54, 1.807) is 41.1 Å². The lowest BCUT2D eigenvalue weighted by Crippen LogP contribution is -2.40. The number of aromatic nitrogens is 1. The molecule has 8 nitrogen and oxygen atoms in total. The first-order chi connectivity index (χ1) is 17.4. The zero-order valence-corrected chi connectivity index (χ0v) is 21.9. The molecule has 0 spiro atoms. The molecule has 4 rings (SSSR count). The molecule has 1 aromatic carbocycles. The summed E-state index contributed by atoms with van der Waals surface area (Å²) in [4.78, 5) is 44.4. The predicted octanol–water partition coefficient (Wildman–Crippen LogP) is 5.63. The van der Waals surface area contributed by atoms with Crippen molar-refractivity contribution in [2.45, 2.75) is 32.6 Å². The molecule has 0 aliphatic heterocycles. The van der Waals surface area contributed by atoms with Gasteiger partial charge in [0.15, 0.2) is 0 Å². The highest BCUT2D eigenvalue weighted by atomic mass is 32.1. The summed E-state index contributed by atoms with van der Waals surface area (Å²) in [6, 6.07) is 8.94. The molecular weight excluding hydrogens is 498 g/mol. The van der Waals surface area contributed by atoms with Crippen molar-refractivity contribution in [2.75, 3.05) is 30.5 Å². The number of nitrogens with zero attached hydrogens (tertiary/aromatic N) is 2. The summed E-state index contributed by atoms with van der Waals surface area (Å²) in [5.74, 6) is -0.895. The van der Waals surface area contributed by atoms with E-state index in [9.17, 15) is 19.5 Å². The van der Waals surface area contributed by atoms with Gasteiger partial charge >= 0.3 is 5.97 Å². The van der Waals surface area contributed by atoms with Gasteiger partial charge in [-0.25, -0.2) is 9.78 Å². The van der Waals surface area contributed by atoms with Crippen LogP contribution in [0.3, 0.4) is 0 Å². The number of rotatable bonds is 9. The van der Waals surface area contributed by atoms with Crippen molar-refractivity contribution in [3.8, 4) is 10.4 Å². The lowest BCUT2D eigenvalue weighted by atomic mass is 9.82. The van der Waals surface area contributed by atoms with Gasteiger partial charge in [-0.1, -0.05) is 19.1 Å². The zero-order chi connectivity index (χ0) is 25.7. The number of carboxylic acid groups (broad SMARTS) is 1. The minimum Gasteiger partial charge on any atom is -0.477 e. The number of methoxy groups -OCH3 is 1. The number of aromatic carboxylic acids is 1. The summed E-state index contributed by atoms with van der Waals surface area (Å²) >= 11 is 2.48. The molecule has 1 saturated carbocycles. The maximum Gasteiger partial charge on any atom is 0.348 e. The normalized spacial score (nSPS) is 17.5. The van der Waals surface area contributed by atoms with E-state index in [1.165, 1.54) is 11.3 Å². The molecule has 2 aromatic heterocycles. The van der Waals surface area contributed by atoms with Crippen molar-refractivity contribution in [1.29, 1.82) is 0 Å². The van der Waals surface area contributed by atoms with Crippen LogP contribution in [0.5, 0.6) is 0 Å². The van der Waals surface area contributed by atoms with Gasteiger partial charge in [0, 0.05) is 35.5 Å². The highest BCUT2D eigenvalue weighted by Crippen LogP contribution is 2.39. The summed E-state index contributed by atoms with van der Waals surface area (Å²) in [6.07, 6.45) is 3.63. The Morgan fingerprint density at radius 1 is 1.17 bits per heavy atom. The Bertz CT molecular complexity index is 1200. The monoisotopic (exact) mass is 527 g/mol. The standard InChI is InChI=1S/C26H29N3O5S2/c1-16-3-5-18(6-4-16)25(31)29(11-12-34-2)21-13-22(36-23(21)26(32)33)17-7-9-19(10-8-17)28-24(30)20-14-35-15-27-20/h7-10,13-16,18H,3-6,11-12H2,1-2H3,(H,28,30)(H,32,33)/t16-,18-. The van der Waals surface area contributed by atoms with Gasteiger partial charge in [-0.2, -0.15) is 0 Å². The van der Waals surface area contributed by atoms with Crippen LogP contribution in [0, 0.1) is 11.8 Å². The maximum atomic E-state index is 13.5. The van der Waals surface area contributed by atoms with Crippen molar-refractivity contribution in [3.05, 3.63) is 51.8 Å². The van der Waals surface area contributed by atoms with E-state index in [0.29, 0.717) is 36.1 Å². The Labute approximate surface area is 217 Å². The van der Waals surface area contributed by atoms with E-state index >= 15 is 0 Å². The van der Waals surface area contributed by atoms with Crippen molar-refractivity contribution in [1.82, 2.24) is 4.98 Å². The van der Waals surface area contributed by atoms with Gasteiger partial charge in [0.1, 0.15) is 10.6 Å². The van der Waals surface area contributed by atoms with Crippen molar-refractivity contribution < 1.29 is 24.2 Å². The summed E-state index contributed by atoms with van der Waals surface area (Å²) in [5, 5.41) is 14.4. The number of ether oxygens (including phenoxy) is 1. The molecular formula is C26H29N3O5S2. The molecule has 190 valence electrons. The summed E-state index contributed by atoms with van der Waals surface area (Å²) in [6.45, 7) is 2.80. The van der Waals surface area contributed by atoms with Gasteiger partial charge < -0.3 is 20.1 Å². The van der Waals surface area contributed by atoms with Crippen molar-refractivity contribution >= 4 is 51.8 Å². The topological polar surface area (TPSA) is 109 Å². The van der Waals surface area contributed by atoms with Crippen LogP contribution < -0.4 is 10.2 Å². The lowest BCUT2D eigenvalue weighted by molar-refractivity contribution is -0.123. The minimum absolute atomic E-state index is 0.0362. The van der Waals surface area contributed by atoms with E-state index in [2.05, 4.69) is 17.2 Å². The molecule has 2 N–H and O–H groups in total. The van der Waals surface area contributed by atoms with E-state index in [4.69, 9.17) is 4.74 Å². The van der Waals surface area contributed by atoms with E-state index in [0.717, 1.165) is 47.5 Å². The van der Waals surface area contributed by atoms with E-state index < -0.39 is 5.97 Å². The third-order valence-corrected chi connectivity index (χ3v) is 8.19. The number of carbonyl (C=O) groups is 3. The number of amides is 2. The second kappa shape index (κ2) is 11.8. The van der Waals surface area contributed by atoms with Crippen LogP contribution >= 0.6 is 22.7 Å². The number of hydrogen-bond acceptors (Lipinski definition) is 7. The first-order valence-electron chi connectivity index (χ1n) is 11.8. The Balaban J connectivity index is 1.58. The molecule has 1 aliphatic rings. The third-order valence-electron chi connectivity index (χ3n) is 6.44. The smallest absolute Gasteiger partial charge is 0.348 e. The Kier molecular flexibility index (Phi) is 8.50. The number of thiophene rings is 1. The molecule has 1 aliphatic carbocycles. The van der Waals surface area contributed by atoms with Gasteiger partial charge in [-0.05, 0) is 55.4 Å². The van der Waals surface area contributed by atoms with Crippen LogP contribution in [-0.4, -0.2) is 48.1 Å². The van der Waals surface area contributed by atoms with Crippen molar-refractivity contribution in [3.63, 3.8) is 0 Å². The Morgan fingerprint density at radius 2 is 1.89 bits per heavy atom. The molecule has 3 aromatic rings. The minimum atomic E-state index is -1.07. The second-order valence-electron chi connectivity index (χ2n) is 8.97. The number of hydrogen-bond donors (Lipinski definition) is 2. The summed E-state index contributed by atoms with van der Waals surface area (Å²) in [7, 11) is 1.57. The van der Waals surface area contributed by atoms with Crippen molar-refractivity contribution in [2.24, 2.45) is 11.8 Å². The highest BCUT2D eigenvalue weighted by molar-refractivity contribution is 7.18. The SMILES string of the molecule is COCCN(c1cc(-c2ccc(NC(=O)c3cscn3)cc2)sc1C(=O)O)C(=O)[C@H]1CC[C@H](C)CC1. The highest BCUT2D eigenvalue weighted by Gasteiger charge is 2.32. The number of anilines is 2. The average molecular weight is 528 g/mol. The Morgan fingerprint density at radius 3 is 2.50 bits per heavy atom. The average Bonchev–Trinajstić information content (AvgIpc) is 3.56. The van der Waals surface area contributed by atoms with Crippen LogP contribution in [0.4, 0.5) is 11.4 Å². The van der Waals surface area contributed by atoms with E-state index in [1.807, 2.05) is 12.1 Å². The van der Waals surface area contributed by atoms with Gasteiger partial charge in [-0.15, -0.1) is 22.7 Å². The van der Waals surface area contributed by atoms with Crippen LogP contribution in [0.2, 0.25) is 0 Å². The van der Waals surface area contributed by atoms with Gasteiger partial charge in [-0.3, -0.25) is 9.59 Å². The largest absolute Gasteiger partial charge is 0.477 e. The zero-order valence-electron chi connectivity index (χ0n) is 20.2. The first-order valence-corrected chi connectivity index (χ1v) is 13.6. The molecule has 1 fully saturated rings. The molecule has 0 atom stereocenters.